The fourth-order valence-corrected chi connectivity index (χ4v) is 5.36. The molecule has 1 aromatic heterocycles. The molecule has 10 heteroatoms. The van der Waals surface area contributed by atoms with Crippen LogP contribution in [0.15, 0.2) is 6.33 Å². The summed E-state index contributed by atoms with van der Waals surface area (Å²) in [6.07, 6.45) is 1.63. The summed E-state index contributed by atoms with van der Waals surface area (Å²) in [5, 5.41) is 7.94. The van der Waals surface area contributed by atoms with Crippen LogP contribution in [-0.4, -0.2) is 94.7 Å². The summed E-state index contributed by atoms with van der Waals surface area (Å²) in [7, 11) is 2.10. The largest absolute Gasteiger partial charge is 0.331 e. The molecule has 0 spiro atoms. The third kappa shape index (κ3) is 3.05. The van der Waals surface area contributed by atoms with Gasteiger partial charge < -0.3 is 14.4 Å². The fraction of sp³-hybridized carbons (Fsp3) is 0.769. The Morgan fingerprint density at radius 1 is 1.30 bits per heavy atom. The number of nitrogens with zero attached hydrogens (tertiary/aromatic N) is 6. The van der Waals surface area contributed by atoms with Crippen molar-refractivity contribution in [2.75, 3.05) is 38.7 Å². The Kier molecular flexibility index (Phi) is 4.05. The number of amides is 2. The Morgan fingerprint density at radius 2 is 2.00 bits per heavy atom. The topological polar surface area (TPSA) is 91.6 Å². The van der Waals surface area contributed by atoms with E-state index < -0.39 is 9.84 Å². The molecule has 0 aliphatic carbocycles. The lowest BCUT2D eigenvalue weighted by Crippen LogP contribution is -2.61. The average Bonchev–Trinajstić information content (AvgIpc) is 3.01. The molecule has 23 heavy (non-hydrogen) atoms. The van der Waals surface area contributed by atoms with E-state index in [9.17, 15) is 13.2 Å². The summed E-state index contributed by atoms with van der Waals surface area (Å²) < 4.78 is 26.1. The van der Waals surface area contributed by atoms with Gasteiger partial charge in [0.25, 0.3) is 0 Å². The predicted molar refractivity (Wildman–Crippen MR) is 83.4 cm³/mol. The second-order valence-electron chi connectivity index (χ2n) is 6.41. The smallest absolute Gasteiger partial charge is 0.319 e. The molecular formula is C13H22N6O3S. The lowest BCUT2D eigenvalue weighted by Gasteiger charge is -2.44. The lowest BCUT2D eigenvalue weighted by atomic mass is 10.1. The van der Waals surface area contributed by atoms with Crippen LogP contribution >= 0.6 is 0 Å². The van der Waals surface area contributed by atoms with Gasteiger partial charge in [0.2, 0.25) is 0 Å². The molecule has 0 N–H and O–H groups in total. The molecule has 9 nitrogen and oxygen atoms in total. The van der Waals surface area contributed by atoms with Gasteiger partial charge in [-0.15, -0.1) is 10.2 Å². The molecule has 2 aliphatic rings. The molecule has 128 valence electrons. The molecule has 0 radical (unpaired) electrons. The van der Waals surface area contributed by atoms with E-state index in [0.29, 0.717) is 19.6 Å². The van der Waals surface area contributed by atoms with Crippen LogP contribution in [0.4, 0.5) is 4.79 Å². The molecular weight excluding hydrogens is 320 g/mol. The van der Waals surface area contributed by atoms with Gasteiger partial charge in [-0.3, -0.25) is 4.90 Å². The van der Waals surface area contributed by atoms with E-state index in [0.717, 1.165) is 5.82 Å². The average molecular weight is 342 g/mol. The molecule has 2 amide bonds. The number of carbonyl (C=O) groups excluding carboxylic acids is 1. The van der Waals surface area contributed by atoms with Crippen molar-refractivity contribution in [3.05, 3.63) is 12.2 Å². The number of urea groups is 1. The molecule has 3 heterocycles. The summed E-state index contributed by atoms with van der Waals surface area (Å²) in [6, 6.07) is -0.610. The van der Waals surface area contributed by atoms with Crippen molar-refractivity contribution >= 4 is 15.9 Å². The zero-order valence-corrected chi connectivity index (χ0v) is 14.4. The fourth-order valence-electron chi connectivity index (χ4n) is 3.35. The first-order valence-electron chi connectivity index (χ1n) is 7.54. The lowest BCUT2D eigenvalue weighted by molar-refractivity contribution is 0.0500. The van der Waals surface area contributed by atoms with Crippen molar-refractivity contribution in [2.24, 2.45) is 7.05 Å². The molecule has 2 saturated heterocycles. The highest BCUT2D eigenvalue weighted by atomic mass is 32.2. The Morgan fingerprint density at radius 3 is 2.61 bits per heavy atom. The summed E-state index contributed by atoms with van der Waals surface area (Å²) in [5.41, 5.74) is 0. The van der Waals surface area contributed by atoms with E-state index in [1.807, 2.05) is 11.6 Å². The van der Waals surface area contributed by atoms with Crippen molar-refractivity contribution in [2.45, 2.75) is 18.6 Å². The number of hydrogen-bond acceptors (Lipinski definition) is 6. The minimum atomic E-state index is -3.14. The van der Waals surface area contributed by atoms with Gasteiger partial charge in [-0.25, -0.2) is 13.2 Å². The Labute approximate surface area is 135 Å². The number of aryl methyl sites for hydroxylation is 1. The number of piperazine rings is 1. The van der Waals surface area contributed by atoms with Crippen LogP contribution in [-0.2, 0) is 23.4 Å². The van der Waals surface area contributed by atoms with Crippen molar-refractivity contribution in [1.82, 2.24) is 29.5 Å². The van der Waals surface area contributed by atoms with E-state index in [-0.39, 0.29) is 29.6 Å². The van der Waals surface area contributed by atoms with E-state index in [1.54, 1.807) is 25.3 Å². The quantitative estimate of drug-likeness (QED) is 0.669. The van der Waals surface area contributed by atoms with Gasteiger partial charge in [0.15, 0.2) is 9.84 Å². The van der Waals surface area contributed by atoms with Gasteiger partial charge in [-0.2, -0.15) is 0 Å². The molecule has 0 bridgehead atoms. The summed E-state index contributed by atoms with van der Waals surface area (Å²) in [6.45, 7) is 1.69. The third-order valence-corrected chi connectivity index (χ3v) is 6.27. The Hall–Kier alpha value is -1.68. The van der Waals surface area contributed by atoms with Gasteiger partial charge in [-0.05, 0) is 0 Å². The molecule has 1 aromatic rings. The van der Waals surface area contributed by atoms with Crippen LogP contribution < -0.4 is 0 Å². The van der Waals surface area contributed by atoms with Crippen molar-refractivity contribution < 1.29 is 13.2 Å². The number of sulfone groups is 1. The standard InChI is InChI=1S/C13H22N6O3S/c1-16(2)13(20)19-5-4-18(6-12-15-14-9-17(12)3)10-7-23(21,22)8-11(10)19/h9-11H,4-8H2,1-3H3/t10-,11+/m0/s1. The highest BCUT2D eigenvalue weighted by molar-refractivity contribution is 7.91. The second-order valence-corrected chi connectivity index (χ2v) is 8.56. The molecule has 0 aromatic carbocycles. The predicted octanol–water partition coefficient (Wildman–Crippen LogP) is -1.22. The Balaban J connectivity index is 1.84. The zero-order valence-electron chi connectivity index (χ0n) is 13.6. The highest BCUT2D eigenvalue weighted by Gasteiger charge is 2.48. The maximum absolute atomic E-state index is 12.3. The van der Waals surface area contributed by atoms with Gasteiger partial charge in [0, 0.05) is 40.3 Å². The first kappa shape index (κ1) is 16.2. The number of fused-ring (bicyclic) bond motifs is 1. The van der Waals surface area contributed by atoms with Gasteiger partial charge >= 0.3 is 6.03 Å². The summed E-state index contributed by atoms with van der Waals surface area (Å²) in [4.78, 5) is 17.6. The number of carbonyl (C=O) groups is 1. The van der Waals surface area contributed by atoms with E-state index in [2.05, 4.69) is 15.1 Å². The minimum absolute atomic E-state index is 0.0343. The second kappa shape index (κ2) is 5.75. The first-order valence-corrected chi connectivity index (χ1v) is 9.36. The van der Waals surface area contributed by atoms with Crippen molar-refractivity contribution in [3.63, 3.8) is 0 Å². The maximum Gasteiger partial charge on any atom is 0.319 e. The molecule has 0 saturated carbocycles. The van der Waals surface area contributed by atoms with Crippen LogP contribution in [0, 0.1) is 0 Å². The molecule has 0 unspecified atom stereocenters. The number of hydrogen-bond donors (Lipinski definition) is 0. The summed E-state index contributed by atoms with van der Waals surface area (Å²) >= 11 is 0. The summed E-state index contributed by atoms with van der Waals surface area (Å²) in [5.74, 6) is 0.916. The maximum atomic E-state index is 12.3. The van der Waals surface area contributed by atoms with E-state index in [1.165, 1.54) is 4.90 Å². The van der Waals surface area contributed by atoms with Crippen LogP contribution in [0.3, 0.4) is 0 Å². The Bertz CT molecular complexity index is 700. The zero-order chi connectivity index (χ0) is 16.8. The van der Waals surface area contributed by atoms with Crippen LogP contribution in [0.25, 0.3) is 0 Å². The highest BCUT2D eigenvalue weighted by Crippen LogP contribution is 2.28. The first-order chi connectivity index (χ1) is 10.8. The SMILES string of the molecule is CN(C)C(=O)N1CCN(Cc2nncn2C)[C@H]2CS(=O)(=O)C[C@H]21. The van der Waals surface area contributed by atoms with Crippen LogP contribution in [0.5, 0.6) is 0 Å². The monoisotopic (exact) mass is 342 g/mol. The molecule has 3 rings (SSSR count). The number of rotatable bonds is 2. The van der Waals surface area contributed by atoms with E-state index in [4.69, 9.17) is 0 Å². The van der Waals surface area contributed by atoms with Gasteiger partial charge in [-0.1, -0.05) is 0 Å². The van der Waals surface area contributed by atoms with Gasteiger partial charge in [0.1, 0.15) is 12.2 Å². The normalized spacial score (nSPS) is 27.0. The molecule has 2 atom stereocenters. The third-order valence-electron chi connectivity index (χ3n) is 4.57. The molecule has 2 aliphatic heterocycles. The van der Waals surface area contributed by atoms with Crippen LogP contribution in [0.1, 0.15) is 5.82 Å². The van der Waals surface area contributed by atoms with E-state index >= 15 is 0 Å². The molecule has 2 fully saturated rings. The van der Waals surface area contributed by atoms with Crippen molar-refractivity contribution in [3.8, 4) is 0 Å². The van der Waals surface area contributed by atoms with Gasteiger partial charge in [0.05, 0.1) is 24.1 Å². The number of aromatic nitrogens is 3. The van der Waals surface area contributed by atoms with Crippen molar-refractivity contribution in [1.29, 1.82) is 0 Å². The van der Waals surface area contributed by atoms with Crippen LogP contribution in [0.2, 0.25) is 0 Å². The minimum Gasteiger partial charge on any atom is -0.331 e.